The van der Waals surface area contributed by atoms with Crippen LogP contribution in [0.3, 0.4) is 0 Å². The van der Waals surface area contributed by atoms with Crippen LogP contribution in [-0.2, 0) is 29.3 Å². The summed E-state index contributed by atoms with van der Waals surface area (Å²) < 4.78 is 65.1. The Balaban J connectivity index is 1.29. The first-order valence-corrected chi connectivity index (χ1v) is 13.0. The molecule has 0 spiro atoms. The van der Waals surface area contributed by atoms with Gasteiger partial charge in [-0.05, 0) is 42.0 Å². The van der Waals surface area contributed by atoms with Gasteiger partial charge >= 0.3 is 6.18 Å². The van der Waals surface area contributed by atoms with Crippen molar-refractivity contribution in [3.63, 3.8) is 0 Å². The Bertz CT molecular complexity index is 1320. The average Bonchev–Trinajstić information content (AvgIpc) is 3.46. The molecule has 4 aromatic rings. The zero-order valence-electron chi connectivity index (χ0n) is 17.3. The second-order valence-corrected chi connectivity index (χ2v) is 10.5. The number of nitrogens with one attached hydrogen (secondary N) is 3. The molecule has 0 aliphatic heterocycles. The van der Waals surface area contributed by atoms with Crippen molar-refractivity contribution in [1.82, 2.24) is 15.3 Å². The highest BCUT2D eigenvalue weighted by Crippen LogP contribution is 2.29. The minimum atomic E-state index is -4.34. The molecule has 0 amide bonds. The van der Waals surface area contributed by atoms with Gasteiger partial charge < -0.3 is 10.6 Å². The van der Waals surface area contributed by atoms with Gasteiger partial charge in [-0.1, -0.05) is 12.1 Å². The van der Waals surface area contributed by atoms with E-state index in [1.165, 1.54) is 53.1 Å². The van der Waals surface area contributed by atoms with Crippen LogP contribution in [0.4, 0.5) is 29.1 Å². The second kappa shape index (κ2) is 10.1. The van der Waals surface area contributed by atoms with Crippen molar-refractivity contribution in [2.24, 2.45) is 0 Å². The molecule has 0 unspecified atom stereocenters. The van der Waals surface area contributed by atoms with Gasteiger partial charge in [-0.25, -0.2) is 18.4 Å². The number of halogens is 3. The smallest absolute Gasteiger partial charge is 0.332 e. The fourth-order valence-electron chi connectivity index (χ4n) is 2.88. The van der Waals surface area contributed by atoms with Gasteiger partial charge in [-0.3, -0.25) is 4.72 Å². The predicted molar refractivity (Wildman–Crippen MR) is 127 cm³/mol. The van der Waals surface area contributed by atoms with Gasteiger partial charge in [-0.2, -0.15) is 13.2 Å². The molecule has 2 aromatic carbocycles. The average molecular weight is 526 g/mol. The molecule has 0 fully saturated rings. The molecule has 0 saturated carbocycles. The number of sulfonamides is 1. The normalized spacial score (nSPS) is 12.0. The summed E-state index contributed by atoms with van der Waals surface area (Å²) in [6.45, 7) is 0.849. The summed E-state index contributed by atoms with van der Waals surface area (Å²) >= 11 is 2.57. The summed E-state index contributed by atoms with van der Waals surface area (Å²) in [4.78, 5) is 8.49. The standard InChI is InChI=1S/C21H18F3N5O2S3/c22-21(23,24)15-3-1-14(2-4-15)11-25-12-17-13-33-20(28-17)27-16-5-7-18(8-6-16)34(30,31)29-19-26-9-10-32-19/h1-10,13,25H,11-12H2,(H,26,29)(H,27,28). The Morgan fingerprint density at radius 2 is 1.65 bits per heavy atom. The van der Waals surface area contributed by atoms with Crippen LogP contribution in [0.25, 0.3) is 0 Å². The SMILES string of the molecule is O=S(=O)(Nc1nccs1)c1ccc(Nc2nc(CNCc3ccc(C(F)(F)F)cc3)cs2)cc1. The van der Waals surface area contributed by atoms with Crippen molar-refractivity contribution >= 4 is 48.6 Å². The molecular weight excluding hydrogens is 507 g/mol. The summed E-state index contributed by atoms with van der Waals surface area (Å²) in [5.41, 5.74) is 1.51. The van der Waals surface area contributed by atoms with Crippen molar-refractivity contribution in [1.29, 1.82) is 0 Å². The topological polar surface area (TPSA) is 96.0 Å². The molecule has 34 heavy (non-hydrogen) atoms. The van der Waals surface area contributed by atoms with E-state index in [2.05, 4.69) is 25.3 Å². The Labute approximate surface area is 201 Å². The zero-order chi connectivity index (χ0) is 24.2. The number of hydrogen-bond donors (Lipinski definition) is 3. The molecule has 2 heterocycles. The van der Waals surface area contributed by atoms with Crippen LogP contribution < -0.4 is 15.4 Å². The van der Waals surface area contributed by atoms with Crippen molar-refractivity contribution in [3.05, 3.63) is 82.3 Å². The monoisotopic (exact) mass is 525 g/mol. The Kier molecular flexibility index (Phi) is 7.16. The molecule has 0 bridgehead atoms. The first-order valence-electron chi connectivity index (χ1n) is 9.80. The third-order valence-corrected chi connectivity index (χ3v) is 7.52. The van der Waals surface area contributed by atoms with Crippen LogP contribution in [-0.4, -0.2) is 18.4 Å². The van der Waals surface area contributed by atoms with Gasteiger partial charge in [0.25, 0.3) is 10.0 Å². The van der Waals surface area contributed by atoms with Crippen molar-refractivity contribution in [2.75, 3.05) is 10.0 Å². The lowest BCUT2D eigenvalue weighted by Crippen LogP contribution is -2.13. The van der Waals surface area contributed by atoms with Gasteiger partial charge in [0.15, 0.2) is 10.3 Å². The van der Waals surface area contributed by atoms with E-state index in [-0.39, 0.29) is 4.90 Å². The highest BCUT2D eigenvalue weighted by molar-refractivity contribution is 7.93. The van der Waals surface area contributed by atoms with Crippen molar-refractivity contribution in [3.8, 4) is 0 Å². The number of nitrogens with zero attached hydrogens (tertiary/aromatic N) is 2. The second-order valence-electron chi connectivity index (χ2n) is 7.03. The minimum absolute atomic E-state index is 0.112. The van der Waals surface area contributed by atoms with Gasteiger partial charge in [-0.15, -0.1) is 22.7 Å². The van der Waals surface area contributed by atoms with E-state index in [1.807, 2.05) is 5.38 Å². The van der Waals surface area contributed by atoms with Crippen LogP contribution in [0.15, 0.2) is 70.4 Å². The maximum atomic E-state index is 12.6. The first-order chi connectivity index (χ1) is 16.2. The van der Waals surface area contributed by atoms with E-state index in [0.29, 0.717) is 29.0 Å². The zero-order valence-corrected chi connectivity index (χ0v) is 19.8. The predicted octanol–water partition coefficient (Wildman–Crippen LogP) is 5.45. The summed E-state index contributed by atoms with van der Waals surface area (Å²) in [5, 5.41) is 10.7. The number of alkyl halides is 3. The third-order valence-electron chi connectivity index (χ3n) is 4.54. The number of benzene rings is 2. The lowest BCUT2D eigenvalue weighted by atomic mass is 10.1. The molecule has 13 heteroatoms. The quantitative estimate of drug-likeness (QED) is 0.269. The van der Waals surface area contributed by atoms with Gasteiger partial charge in [0, 0.05) is 35.7 Å². The third kappa shape index (κ3) is 6.32. The van der Waals surface area contributed by atoms with E-state index in [9.17, 15) is 21.6 Å². The fourth-order valence-corrected chi connectivity index (χ4v) is 5.40. The Morgan fingerprint density at radius 3 is 2.29 bits per heavy atom. The molecule has 0 aliphatic carbocycles. The van der Waals surface area contributed by atoms with Crippen LogP contribution in [0.2, 0.25) is 0 Å². The van der Waals surface area contributed by atoms with Crippen LogP contribution in [0.5, 0.6) is 0 Å². The summed E-state index contributed by atoms with van der Waals surface area (Å²) in [6, 6.07) is 11.3. The highest BCUT2D eigenvalue weighted by Gasteiger charge is 2.29. The van der Waals surface area contributed by atoms with Gasteiger partial charge in [0.2, 0.25) is 0 Å². The molecular formula is C21H18F3N5O2S3. The first kappa shape index (κ1) is 24.1. The molecule has 7 nitrogen and oxygen atoms in total. The summed E-state index contributed by atoms with van der Waals surface area (Å²) in [7, 11) is -3.72. The Hall–Kier alpha value is -3.00. The molecule has 0 saturated heterocycles. The van der Waals surface area contributed by atoms with E-state index in [0.717, 1.165) is 23.4 Å². The minimum Gasteiger partial charge on any atom is -0.332 e. The van der Waals surface area contributed by atoms with Crippen molar-refractivity contribution in [2.45, 2.75) is 24.2 Å². The van der Waals surface area contributed by atoms with Crippen LogP contribution >= 0.6 is 22.7 Å². The lowest BCUT2D eigenvalue weighted by molar-refractivity contribution is -0.137. The molecule has 3 N–H and O–H groups in total. The summed E-state index contributed by atoms with van der Waals surface area (Å²) in [5.74, 6) is 0. The van der Waals surface area contributed by atoms with Crippen molar-refractivity contribution < 1.29 is 21.6 Å². The van der Waals surface area contributed by atoms with Gasteiger partial charge in [0.05, 0.1) is 16.2 Å². The lowest BCUT2D eigenvalue weighted by Gasteiger charge is -2.08. The Morgan fingerprint density at radius 1 is 0.912 bits per heavy atom. The maximum Gasteiger partial charge on any atom is 0.416 e. The summed E-state index contributed by atoms with van der Waals surface area (Å²) in [6.07, 6.45) is -2.83. The van der Waals surface area contributed by atoms with E-state index in [1.54, 1.807) is 17.5 Å². The molecule has 2 aromatic heterocycles. The number of rotatable bonds is 9. The number of hydrogen-bond acceptors (Lipinski definition) is 8. The highest BCUT2D eigenvalue weighted by atomic mass is 32.2. The molecule has 0 aliphatic rings. The van der Waals surface area contributed by atoms with E-state index < -0.39 is 21.8 Å². The molecule has 0 radical (unpaired) electrons. The fraction of sp³-hybridized carbons (Fsp3) is 0.143. The maximum absolute atomic E-state index is 12.6. The molecule has 4 rings (SSSR count). The number of anilines is 3. The van der Waals surface area contributed by atoms with Crippen LogP contribution in [0.1, 0.15) is 16.8 Å². The number of thiazole rings is 2. The van der Waals surface area contributed by atoms with E-state index >= 15 is 0 Å². The van der Waals surface area contributed by atoms with Gasteiger partial charge in [0.1, 0.15) is 0 Å². The molecule has 178 valence electrons. The van der Waals surface area contributed by atoms with Crippen LogP contribution in [0, 0.1) is 0 Å². The largest absolute Gasteiger partial charge is 0.416 e. The number of aromatic nitrogens is 2. The van der Waals surface area contributed by atoms with E-state index in [4.69, 9.17) is 0 Å². The molecule has 0 atom stereocenters.